The molecule has 1 N–H and O–H groups in total. The summed E-state index contributed by atoms with van der Waals surface area (Å²) in [6, 6.07) is 5.74. The smallest absolute Gasteiger partial charge is 0.338 e. The van der Waals surface area contributed by atoms with Gasteiger partial charge in [0.1, 0.15) is 0 Å². The van der Waals surface area contributed by atoms with Gasteiger partial charge in [-0.25, -0.2) is 4.79 Å². The van der Waals surface area contributed by atoms with Crippen LogP contribution >= 0.6 is 0 Å². The second-order valence-corrected chi connectivity index (χ2v) is 5.39. The van der Waals surface area contributed by atoms with Crippen LogP contribution in [0.2, 0.25) is 0 Å². The predicted molar refractivity (Wildman–Crippen MR) is 73.0 cm³/mol. The Bertz CT molecular complexity index is 440. The van der Waals surface area contributed by atoms with Crippen LogP contribution in [0.1, 0.15) is 43.1 Å². The lowest BCUT2D eigenvalue weighted by molar-refractivity contribution is 0.0299. The van der Waals surface area contributed by atoms with Crippen molar-refractivity contribution in [3.63, 3.8) is 0 Å². The minimum absolute atomic E-state index is 0.0242. The van der Waals surface area contributed by atoms with Gasteiger partial charge >= 0.3 is 5.97 Å². The molecule has 0 fully saturated rings. The number of ether oxygens (including phenoxy) is 1. The topological polar surface area (TPSA) is 38.3 Å². The summed E-state index contributed by atoms with van der Waals surface area (Å²) in [5.41, 5.74) is 3.01. The summed E-state index contributed by atoms with van der Waals surface area (Å²) >= 11 is 0. The van der Waals surface area contributed by atoms with Crippen molar-refractivity contribution in [3.8, 4) is 0 Å². The first kappa shape index (κ1) is 12.9. The van der Waals surface area contributed by atoms with Gasteiger partial charge in [-0.2, -0.15) is 0 Å². The number of esters is 1. The van der Waals surface area contributed by atoms with Crippen LogP contribution in [0.4, 0.5) is 5.69 Å². The molecule has 18 heavy (non-hydrogen) atoms. The average Bonchev–Trinajstić information content (AvgIpc) is 2.74. The van der Waals surface area contributed by atoms with E-state index in [0.29, 0.717) is 11.5 Å². The number of hydrogen-bond donors (Lipinski definition) is 1. The number of anilines is 1. The van der Waals surface area contributed by atoms with E-state index >= 15 is 0 Å². The Morgan fingerprint density at radius 3 is 2.89 bits per heavy atom. The van der Waals surface area contributed by atoms with Crippen LogP contribution in [-0.4, -0.2) is 18.6 Å². The highest BCUT2D eigenvalue weighted by atomic mass is 16.5. The van der Waals surface area contributed by atoms with Crippen LogP contribution in [0.3, 0.4) is 0 Å². The summed E-state index contributed by atoms with van der Waals surface area (Å²) in [7, 11) is 0. The van der Waals surface area contributed by atoms with Gasteiger partial charge in [0.05, 0.1) is 11.7 Å². The molecule has 0 saturated carbocycles. The van der Waals surface area contributed by atoms with E-state index in [4.69, 9.17) is 4.74 Å². The fourth-order valence-electron chi connectivity index (χ4n) is 2.39. The maximum Gasteiger partial charge on any atom is 0.338 e. The molecule has 1 atom stereocenters. The Balaban J connectivity index is 2.01. The van der Waals surface area contributed by atoms with Gasteiger partial charge in [-0.3, -0.25) is 0 Å². The Hall–Kier alpha value is -1.51. The van der Waals surface area contributed by atoms with E-state index in [9.17, 15) is 4.79 Å². The van der Waals surface area contributed by atoms with E-state index in [1.165, 1.54) is 5.56 Å². The van der Waals surface area contributed by atoms with Crippen molar-refractivity contribution < 1.29 is 9.53 Å². The number of nitrogens with one attached hydrogen (secondary N) is 1. The highest BCUT2D eigenvalue weighted by Gasteiger charge is 2.16. The van der Waals surface area contributed by atoms with Crippen molar-refractivity contribution in [3.05, 3.63) is 29.3 Å². The number of fused-ring (bicyclic) bond motifs is 1. The molecule has 0 aromatic heterocycles. The highest BCUT2D eigenvalue weighted by molar-refractivity contribution is 5.90. The molecular weight excluding hydrogens is 226 g/mol. The zero-order valence-corrected chi connectivity index (χ0v) is 11.3. The maximum atomic E-state index is 12.0. The van der Waals surface area contributed by atoms with Gasteiger partial charge in [0.15, 0.2) is 0 Å². The SMILES string of the molecule is CC(C)CC(C)OC(=O)c1ccc2c(c1)CCN2. The molecule has 0 aliphatic carbocycles. The first-order chi connectivity index (χ1) is 8.56. The molecular formula is C15H21NO2. The first-order valence-corrected chi connectivity index (χ1v) is 6.64. The molecule has 0 bridgehead atoms. The monoisotopic (exact) mass is 247 g/mol. The van der Waals surface area contributed by atoms with Crippen LogP contribution in [0.15, 0.2) is 18.2 Å². The van der Waals surface area contributed by atoms with Crippen LogP contribution in [-0.2, 0) is 11.2 Å². The molecule has 0 saturated heterocycles. The molecule has 1 unspecified atom stereocenters. The van der Waals surface area contributed by atoms with Gasteiger partial charge in [0.25, 0.3) is 0 Å². The van der Waals surface area contributed by atoms with E-state index in [2.05, 4.69) is 19.2 Å². The highest BCUT2D eigenvalue weighted by Crippen LogP contribution is 2.23. The normalized spacial score (nSPS) is 15.1. The molecule has 0 amide bonds. The summed E-state index contributed by atoms with van der Waals surface area (Å²) in [6.07, 6.45) is 1.86. The first-order valence-electron chi connectivity index (χ1n) is 6.64. The van der Waals surface area contributed by atoms with Crippen molar-refractivity contribution in [2.24, 2.45) is 5.92 Å². The van der Waals surface area contributed by atoms with Gasteiger partial charge in [-0.05, 0) is 49.4 Å². The second-order valence-electron chi connectivity index (χ2n) is 5.39. The van der Waals surface area contributed by atoms with Gasteiger partial charge in [-0.1, -0.05) is 13.8 Å². The Labute approximate surface area is 109 Å². The van der Waals surface area contributed by atoms with Gasteiger partial charge < -0.3 is 10.1 Å². The standard InChI is InChI=1S/C15H21NO2/c1-10(2)8-11(3)18-15(17)13-4-5-14-12(9-13)6-7-16-14/h4-5,9-11,16H,6-8H2,1-3H3. The predicted octanol–water partition coefficient (Wildman–Crippen LogP) is 3.25. The molecule has 0 radical (unpaired) electrons. The zero-order chi connectivity index (χ0) is 13.1. The second kappa shape index (κ2) is 5.42. The van der Waals surface area contributed by atoms with Crippen molar-refractivity contribution in [1.29, 1.82) is 0 Å². The minimum Gasteiger partial charge on any atom is -0.459 e. The Morgan fingerprint density at radius 2 is 2.17 bits per heavy atom. The van der Waals surface area contributed by atoms with Crippen molar-refractivity contribution in [2.75, 3.05) is 11.9 Å². The third kappa shape index (κ3) is 3.03. The van der Waals surface area contributed by atoms with Crippen LogP contribution < -0.4 is 5.32 Å². The molecule has 98 valence electrons. The number of hydrogen-bond acceptors (Lipinski definition) is 3. The van der Waals surface area contributed by atoms with Gasteiger partial charge in [-0.15, -0.1) is 0 Å². The number of benzene rings is 1. The van der Waals surface area contributed by atoms with Crippen molar-refractivity contribution >= 4 is 11.7 Å². The molecule has 1 aromatic carbocycles. The van der Waals surface area contributed by atoms with E-state index in [-0.39, 0.29) is 12.1 Å². The molecule has 1 heterocycles. The summed E-state index contributed by atoms with van der Waals surface area (Å²) in [6.45, 7) is 7.17. The lowest BCUT2D eigenvalue weighted by atomic mass is 10.1. The molecule has 1 aromatic rings. The van der Waals surface area contributed by atoms with E-state index in [1.807, 2.05) is 25.1 Å². The number of carbonyl (C=O) groups excluding carboxylic acids is 1. The fourth-order valence-corrected chi connectivity index (χ4v) is 2.39. The molecule has 1 aliphatic heterocycles. The lowest BCUT2D eigenvalue weighted by Crippen LogP contribution is -2.17. The van der Waals surface area contributed by atoms with Crippen LogP contribution in [0.5, 0.6) is 0 Å². The Morgan fingerprint density at radius 1 is 1.39 bits per heavy atom. The molecule has 3 heteroatoms. The van der Waals surface area contributed by atoms with E-state index in [0.717, 1.165) is 25.1 Å². The molecule has 2 rings (SSSR count). The zero-order valence-electron chi connectivity index (χ0n) is 11.3. The largest absolute Gasteiger partial charge is 0.459 e. The number of rotatable bonds is 4. The summed E-state index contributed by atoms with van der Waals surface area (Å²) in [5.74, 6) is 0.329. The van der Waals surface area contributed by atoms with Crippen LogP contribution in [0.25, 0.3) is 0 Å². The third-order valence-electron chi connectivity index (χ3n) is 3.16. The molecule has 1 aliphatic rings. The fraction of sp³-hybridized carbons (Fsp3) is 0.533. The summed E-state index contributed by atoms with van der Waals surface area (Å²) in [5, 5.41) is 3.28. The molecule has 0 spiro atoms. The molecule has 3 nitrogen and oxygen atoms in total. The van der Waals surface area contributed by atoms with Gasteiger partial charge in [0, 0.05) is 12.2 Å². The Kier molecular flexibility index (Phi) is 3.90. The summed E-state index contributed by atoms with van der Waals surface area (Å²) < 4.78 is 5.45. The van der Waals surface area contributed by atoms with Gasteiger partial charge in [0.2, 0.25) is 0 Å². The van der Waals surface area contributed by atoms with Crippen LogP contribution in [0, 0.1) is 5.92 Å². The average molecular weight is 247 g/mol. The van der Waals surface area contributed by atoms with E-state index in [1.54, 1.807) is 0 Å². The van der Waals surface area contributed by atoms with Crippen molar-refractivity contribution in [1.82, 2.24) is 0 Å². The summed E-state index contributed by atoms with van der Waals surface area (Å²) in [4.78, 5) is 12.0. The third-order valence-corrected chi connectivity index (χ3v) is 3.16. The maximum absolute atomic E-state index is 12.0. The lowest BCUT2D eigenvalue weighted by Gasteiger charge is -2.15. The quantitative estimate of drug-likeness (QED) is 0.830. The van der Waals surface area contributed by atoms with Crippen molar-refractivity contribution in [2.45, 2.75) is 39.7 Å². The van der Waals surface area contributed by atoms with E-state index < -0.39 is 0 Å². The number of carbonyl (C=O) groups is 1. The minimum atomic E-state index is -0.210.